The van der Waals surface area contributed by atoms with Crippen molar-refractivity contribution in [3.05, 3.63) is 94.1 Å². The van der Waals surface area contributed by atoms with Crippen molar-refractivity contribution in [1.82, 2.24) is 19.9 Å². The molecule has 6 heteroatoms. The van der Waals surface area contributed by atoms with E-state index in [-0.39, 0.29) is 0 Å². The standard InChI is InChI=1S/C30H35N5S.C2H2/c1-8-11-22(19-35(6)7)15-23(9-2)20(4)14-24(26(31)10-3)16-29-33-27-18-32-17-25(30(27)34-29)28-13-12-21(5)36-28;1-2/h9-10,12-15,17-18H,4,16,19,31H2,1-3,5-7H3,(H,33,34);1-2H/b22-15+,23-9+,24-14-,26-10+;. The zero-order valence-corrected chi connectivity index (χ0v) is 24.0. The van der Waals surface area contributed by atoms with E-state index in [2.05, 4.69) is 77.3 Å². The number of rotatable bonds is 9. The van der Waals surface area contributed by atoms with Gasteiger partial charge in [-0.05, 0) is 82.8 Å². The molecule has 5 nitrogen and oxygen atoms in total. The van der Waals surface area contributed by atoms with Crippen molar-refractivity contribution < 1.29 is 0 Å². The predicted octanol–water partition coefficient (Wildman–Crippen LogP) is 6.59. The summed E-state index contributed by atoms with van der Waals surface area (Å²) in [6, 6.07) is 4.24. The number of likely N-dealkylation sites (N-methyl/N-ethyl adjacent to an activating group) is 1. The lowest BCUT2D eigenvalue weighted by Gasteiger charge is -2.12. The number of fused-ring (bicyclic) bond motifs is 1. The molecule has 3 N–H and O–H groups in total. The Bertz CT molecular complexity index is 1480. The van der Waals surface area contributed by atoms with Gasteiger partial charge in [0, 0.05) is 45.8 Å². The topological polar surface area (TPSA) is 70.8 Å². The monoisotopic (exact) mass is 523 g/mol. The van der Waals surface area contributed by atoms with Crippen LogP contribution in [0.3, 0.4) is 0 Å². The quantitative estimate of drug-likeness (QED) is 0.245. The number of imidazole rings is 1. The zero-order chi connectivity index (χ0) is 28.2. The first-order chi connectivity index (χ1) is 18.2. The Kier molecular flexibility index (Phi) is 11.6. The molecule has 0 atom stereocenters. The molecule has 0 aliphatic heterocycles. The zero-order valence-electron chi connectivity index (χ0n) is 23.2. The van der Waals surface area contributed by atoms with Gasteiger partial charge in [0.05, 0.1) is 11.7 Å². The third kappa shape index (κ3) is 7.95. The van der Waals surface area contributed by atoms with Crippen LogP contribution in [0.4, 0.5) is 0 Å². The Balaban J connectivity index is 0.00000247. The molecule has 3 heterocycles. The third-order valence-electron chi connectivity index (χ3n) is 5.62. The summed E-state index contributed by atoms with van der Waals surface area (Å²) >= 11 is 1.74. The lowest BCUT2D eigenvalue weighted by atomic mass is 9.98. The molecule has 0 bridgehead atoms. The molecule has 0 spiro atoms. The summed E-state index contributed by atoms with van der Waals surface area (Å²) in [4.78, 5) is 17.3. The third-order valence-corrected chi connectivity index (χ3v) is 6.65. The number of terminal acetylenes is 1. The summed E-state index contributed by atoms with van der Waals surface area (Å²) in [5, 5.41) is 0. The minimum Gasteiger partial charge on any atom is -0.399 e. The van der Waals surface area contributed by atoms with Gasteiger partial charge in [0.25, 0.3) is 0 Å². The van der Waals surface area contributed by atoms with E-state index >= 15 is 0 Å². The van der Waals surface area contributed by atoms with Gasteiger partial charge in [-0.25, -0.2) is 4.98 Å². The summed E-state index contributed by atoms with van der Waals surface area (Å²) < 4.78 is 0. The van der Waals surface area contributed by atoms with Gasteiger partial charge in [-0.2, -0.15) is 0 Å². The van der Waals surface area contributed by atoms with Gasteiger partial charge in [-0.1, -0.05) is 24.7 Å². The first kappa shape index (κ1) is 30.1. The highest BCUT2D eigenvalue weighted by molar-refractivity contribution is 7.15. The molecule has 0 aliphatic carbocycles. The van der Waals surface area contributed by atoms with Crippen LogP contribution in [0.5, 0.6) is 0 Å². The van der Waals surface area contributed by atoms with Crippen LogP contribution in [0.2, 0.25) is 0 Å². The molecule has 196 valence electrons. The summed E-state index contributed by atoms with van der Waals surface area (Å²) in [5.74, 6) is 7.05. The molecule has 0 aromatic carbocycles. The van der Waals surface area contributed by atoms with Crippen molar-refractivity contribution in [3.63, 3.8) is 0 Å². The maximum atomic E-state index is 6.42. The average Bonchev–Trinajstić information content (AvgIpc) is 3.52. The van der Waals surface area contributed by atoms with Gasteiger partial charge < -0.3 is 15.6 Å². The number of nitrogens with one attached hydrogen (secondary N) is 1. The summed E-state index contributed by atoms with van der Waals surface area (Å²) in [7, 11) is 4.07. The van der Waals surface area contributed by atoms with E-state index < -0.39 is 0 Å². The first-order valence-electron chi connectivity index (χ1n) is 12.2. The highest BCUT2D eigenvalue weighted by Gasteiger charge is 2.14. The van der Waals surface area contributed by atoms with Gasteiger partial charge >= 0.3 is 0 Å². The Labute approximate surface area is 231 Å². The lowest BCUT2D eigenvalue weighted by molar-refractivity contribution is 0.450. The van der Waals surface area contributed by atoms with E-state index in [1.165, 1.54) is 4.88 Å². The first-order valence-corrected chi connectivity index (χ1v) is 13.1. The molecule has 0 aliphatic rings. The molecule has 3 rings (SSSR count). The van der Waals surface area contributed by atoms with Crippen LogP contribution in [0.15, 0.2) is 83.4 Å². The summed E-state index contributed by atoms with van der Waals surface area (Å²) in [5.41, 5.74) is 13.9. The fourth-order valence-corrected chi connectivity index (χ4v) is 4.77. The fraction of sp³-hybridized carbons (Fsp3) is 0.250. The van der Waals surface area contributed by atoms with E-state index in [0.29, 0.717) is 12.1 Å². The average molecular weight is 524 g/mol. The molecule has 0 saturated heterocycles. The normalized spacial score (nSPS) is 12.7. The number of aromatic nitrogens is 3. The van der Waals surface area contributed by atoms with Crippen LogP contribution in [-0.2, 0) is 6.42 Å². The second-order valence-corrected chi connectivity index (χ2v) is 10.1. The number of thiophene rings is 1. The highest BCUT2D eigenvalue weighted by Crippen LogP contribution is 2.32. The van der Waals surface area contributed by atoms with Crippen molar-refractivity contribution in [1.29, 1.82) is 0 Å². The minimum absolute atomic E-state index is 0.548. The van der Waals surface area contributed by atoms with Crippen LogP contribution in [0.1, 0.15) is 31.5 Å². The van der Waals surface area contributed by atoms with Crippen LogP contribution in [0, 0.1) is 31.6 Å². The number of nitrogens with two attached hydrogens (primary N) is 1. The largest absolute Gasteiger partial charge is 0.399 e. The number of H-pyrrole nitrogens is 1. The van der Waals surface area contributed by atoms with Crippen molar-refractivity contribution >= 4 is 22.4 Å². The number of hydrogen-bond donors (Lipinski definition) is 2. The second-order valence-electron chi connectivity index (χ2n) is 8.82. The van der Waals surface area contributed by atoms with Gasteiger partial charge in [0.2, 0.25) is 0 Å². The molecule has 3 aromatic heterocycles. The SMILES string of the molecule is C#C.C=C(/C=C(Cc1nc2c(-c3ccc(C)s3)cncc2[nH]1)\C(N)=C/C)C(/C=C(\C#CC)CN(C)C)=C/C. The Morgan fingerprint density at radius 2 is 1.92 bits per heavy atom. The number of allylic oxidation sites excluding steroid dienone is 7. The molecule has 0 unspecified atom stereocenters. The Hall–Kier alpha value is -4.10. The van der Waals surface area contributed by atoms with Gasteiger partial charge in [0.1, 0.15) is 11.3 Å². The molecule has 3 aromatic rings. The van der Waals surface area contributed by atoms with Crippen LogP contribution in [-0.4, -0.2) is 40.5 Å². The number of aromatic amines is 1. The van der Waals surface area contributed by atoms with Gasteiger partial charge in [0.15, 0.2) is 0 Å². The number of aryl methyl sites for hydroxylation is 1. The Morgan fingerprint density at radius 3 is 2.50 bits per heavy atom. The summed E-state index contributed by atoms with van der Waals surface area (Å²) in [6.45, 7) is 13.0. The van der Waals surface area contributed by atoms with E-state index in [9.17, 15) is 0 Å². The van der Waals surface area contributed by atoms with Crippen LogP contribution >= 0.6 is 11.3 Å². The summed E-state index contributed by atoms with van der Waals surface area (Å²) in [6.07, 6.45) is 20.4. The Morgan fingerprint density at radius 1 is 1.18 bits per heavy atom. The molecular weight excluding hydrogens is 486 g/mol. The number of hydrogen-bond acceptors (Lipinski definition) is 5. The van der Waals surface area contributed by atoms with Crippen LogP contribution < -0.4 is 5.73 Å². The van der Waals surface area contributed by atoms with Crippen LogP contribution in [0.25, 0.3) is 21.5 Å². The van der Waals surface area contributed by atoms with Gasteiger partial charge in [-0.3, -0.25) is 4.98 Å². The predicted molar refractivity (Wildman–Crippen MR) is 165 cm³/mol. The van der Waals surface area contributed by atoms with E-state index in [1.54, 1.807) is 11.3 Å². The van der Waals surface area contributed by atoms with Crippen molar-refractivity contribution in [3.8, 4) is 35.1 Å². The van der Waals surface area contributed by atoms with Crippen molar-refractivity contribution in [2.45, 2.75) is 34.1 Å². The maximum Gasteiger partial charge on any atom is 0.111 e. The molecule has 0 saturated carbocycles. The maximum absolute atomic E-state index is 6.42. The molecular formula is C32H37N5S. The van der Waals surface area contributed by atoms with E-state index in [4.69, 9.17) is 10.7 Å². The molecule has 0 radical (unpaired) electrons. The molecule has 38 heavy (non-hydrogen) atoms. The number of pyridine rings is 1. The molecule has 0 fully saturated rings. The number of nitrogens with zero attached hydrogens (tertiary/aromatic N) is 3. The molecule has 0 amide bonds. The highest BCUT2D eigenvalue weighted by atomic mass is 32.1. The van der Waals surface area contributed by atoms with E-state index in [0.717, 1.165) is 56.1 Å². The van der Waals surface area contributed by atoms with E-state index in [1.807, 2.05) is 59.4 Å². The second kappa shape index (κ2) is 14.6. The minimum atomic E-state index is 0.548. The fourth-order valence-electron chi connectivity index (χ4n) is 3.89. The smallest absolute Gasteiger partial charge is 0.111 e. The van der Waals surface area contributed by atoms with Crippen molar-refractivity contribution in [2.75, 3.05) is 20.6 Å². The van der Waals surface area contributed by atoms with Crippen molar-refractivity contribution in [2.24, 2.45) is 5.73 Å². The lowest BCUT2D eigenvalue weighted by Crippen LogP contribution is -2.14. The van der Waals surface area contributed by atoms with Gasteiger partial charge in [-0.15, -0.1) is 30.1 Å².